The number of hydrogen-bond acceptors (Lipinski definition) is 6. The molecule has 2 aromatic rings. The van der Waals surface area contributed by atoms with E-state index in [1.165, 1.54) is 11.7 Å². The average molecular weight is 413 g/mol. The topological polar surface area (TPSA) is 96.8 Å². The van der Waals surface area contributed by atoms with Crippen molar-refractivity contribution < 1.29 is 18.0 Å². The number of nitrogens with zero attached hydrogens (tertiary/aromatic N) is 4. The van der Waals surface area contributed by atoms with Gasteiger partial charge in [0.15, 0.2) is 0 Å². The van der Waals surface area contributed by atoms with Crippen LogP contribution in [0.1, 0.15) is 45.9 Å². The number of aryl methyl sites for hydroxylation is 1. The summed E-state index contributed by atoms with van der Waals surface area (Å²) >= 11 is 0. The van der Waals surface area contributed by atoms with E-state index in [-0.39, 0.29) is 17.7 Å². The number of carbonyl (C=O) groups excluding carboxylic acids is 1. The molecule has 29 heavy (non-hydrogen) atoms. The zero-order valence-electron chi connectivity index (χ0n) is 17.5. The van der Waals surface area contributed by atoms with Gasteiger partial charge in [-0.25, -0.2) is 4.98 Å². The third-order valence-corrected chi connectivity index (χ3v) is 4.09. The van der Waals surface area contributed by atoms with Crippen molar-refractivity contribution >= 4 is 23.4 Å². The van der Waals surface area contributed by atoms with Crippen LogP contribution in [0.5, 0.6) is 0 Å². The van der Waals surface area contributed by atoms with Crippen molar-refractivity contribution in [1.29, 1.82) is 0 Å². The summed E-state index contributed by atoms with van der Waals surface area (Å²) < 4.78 is 40.5. The fourth-order valence-electron chi connectivity index (χ4n) is 2.43. The van der Waals surface area contributed by atoms with Gasteiger partial charge in [0.05, 0.1) is 17.6 Å². The Morgan fingerprint density at radius 2 is 1.76 bits per heavy atom. The standard InChI is InChI=1S/C18H26F3N7O/c1-10-12(9-28(27-10)17(5,6)14(29)26-16(2,3)4)24-15-23-8-11(18(19,20)21)13(22-7)25-15/h8-9H,1-7H3,(H,26,29)(H2,22,23,24,25). The summed E-state index contributed by atoms with van der Waals surface area (Å²) in [7, 11) is 1.35. The number of anilines is 3. The highest BCUT2D eigenvalue weighted by molar-refractivity contribution is 5.84. The van der Waals surface area contributed by atoms with Crippen LogP contribution in [-0.4, -0.2) is 38.2 Å². The van der Waals surface area contributed by atoms with Gasteiger partial charge in [0, 0.05) is 18.8 Å². The summed E-state index contributed by atoms with van der Waals surface area (Å²) in [5.74, 6) is -0.589. The molecule has 3 N–H and O–H groups in total. The van der Waals surface area contributed by atoms with Gasteiger partial charge in [-0.3, -0.25) is 9.48 Å². The molecule has 0 atom stereocenters. The number of nitrogens with one attached hydrogen (secondary N) is 3. The molecule has 1 amide bonds. The summed E-state index contributed by atoms with van der Waals surface area (Å²) in [6, 6.07) is 0. The average Bonchev–Trinajstić information content (AvgIpc) is 2.93. The molecule has 0 unspecified atom stereocenters. The van der Waals surface area contributed by atoms with Crippen molar-refractivity contribution in [3.63, 3.8) is 0 Å². The molecule has 0 radical (unpaired) electrons. The van der Waals surface area contributed by atoms with Gasteiger partial charge in [-0.1, -0.05) is 0 Å². The van der Waals surface area contributed by atoms with Crippen molar-refractivity contribution in [2.45, 2.75) is 58.8 Å². The molecule has 0 aliphatic heterocycles. The van der Waals surface area contributed by atoms with Crippen LogP contribution in [0.25, 0.3) is 0 Å². The quantitative estimate of drug-likeness (QED) is 0.695. The Bertz CT molecular complexity index is 898. The van der Waals surface area contributed by atoms with Gasteiger partial charge >= 0.3 is 6.18 Å². The summed E-state index contributed by atoms with van der Waals surface area (Å²) in [6.45, 7) is 10.8. The third kappa shape index (κ3) is 5.15. The SMILES string of the molecule is CNc1nc(Nc2cn(C(C)(C)C(=O)NC(C)(C)C)nc2C)ncc1C(F)(F)F. The Hall–Kier alpha value is -2.85. The van der Waals surface area contributed by atoms with Gasteiger partial charge in [0.1, 0.15) is 16.9 Å². The lowest BCUT2D eigenvalue weighted by Gasteiger charge is -2.29. The van der Waals surface area contributed by atoms with E-state index in [0.717, 1.165) is 0 Å². The van der Waals surface area contributed by atoms with Crippen molar-refractivity contribution in [2.75, 3.05) is 17.7 Å². The number of alkyl halides is 3. The molecule has 0 bridgehead atoms. The summed E-state index contributed by atoms with van der Waals surface area (Å²) in [5.41, 5.74) is -1.35. The van der Waals surface area contributed by atoms with E-state index < -0.39 is 22.8 Å². The fourth-order valence-corrected chi connectivity index (χ4v) is 2.43. The Kier molecular flexibility index (Phi) is 5.82. The summed E-state index contributed by atoms with van der Waals surface area (Å²) in [6.07, 6.45) is -2.26. The minimum atomic E-state index is -4.57. The Morgan fingerprint density at radius 3 is 2.28 bits per heavy atom. The van der Waals surface area contributed by atoms with Crippen LogP contribution in [-0.2, 0) is 16.5 Å². The maximum Gasteiger partial charge on any atom is 0.421 e. The number of amides is 1. The van der Waals surface area contributed by atoms with Gasteiger partial charge < -0.3 is 16.0 Å². The smallest absolute Gasteiger partial charge is 0.372 e. The van der Waals surface area contributed by atoms with Crippen molar-refractivity contribution in [1.82, 2.24) is 25.1 Å². The normalized spacial score (nSPS) is 12.6. The van der Waals surface area contributed by atoms with Crippen molar-refractivity contribution in [3.8, 4) is 0 Å². The first-order chi connectivity index (χ1) is 13.1. The lowest BCUT2D eigenvalue weighted by molar-refractivity contribution is -0.137. The molecule has 0 fully saturated rings. The monoisotopic (exact) mass is 413 g/mol. The highest BCUT2D eigenvalue weighted by Crippen LogP contribution is 2.34. The first-order valence-electron chi connectivity index (χ1n) is 8.93. The molecule has 2 aromatic heterocycles. The zero-order chi connectivity index (χ0) is 22.2. The van der Waals surface area contributed by atoms with E-state index in [9.17, 15) is 18.0 Å². The van der Waals surface area contributed by atoms with E-state index in [1.807, 2.05) is 20.8 Å². The molecule has 0 aliphatic rings. The number of carbonyl (C=O) groups is 1. The Morgan fingerprint density at radius 1 is 1.14 bits per heavy atom. The number of aromatic nitrogens is 4. The molecule has 0 saturated heterocycles. The highest BCUT2D eigenvalue weighted by Gasteiger charge is 2.35. The first-order valence-corrected chi connectivity index (χ1v) is 8.93. The Labute approximate surface area is 167 Å². The van der Waals surface area contributed by atoms with Crippen LogP contribution >= 0.6 is 0 Å². The second-order valence-corrected chi connectivity index (χ2v) is 8.16. The number of rotatable bonds is 5. The largest absolute Gasteiger partial charge is 0.421 e. The zero-order valence-corrected chi connectivity index (χ0v) is 17.5. The maximum atomic E-state index is 13.0. The van der Waals surface area contributed by atoms with Crippen LogP contribution < -0.4 is 16.0 Å². The van der Waals surface area contributed by atoms with Gasteiger partial charge in [-0.05, 0) is 41.5 Å². The first kappa shape index (κ1) is 22.4. The molecule has 8 nitrogen and oxygen atoms in total. The minimum Gasteiger partial charge on any atom is -0.372 e. The molecule has 11 heteroatoms. The van der Waals surface area contributed by atoms with E-state index in [2.05, 4.69) is 31.0 Å². The maximum absolute atomic E-state index is 13.0. The van der Waals surface area contributed by atoms with Crippen molar-refractivity contribution in [3.05, 3.63) is 23.7 Å². The molecule has 0 spiro atoms. The molecule has 2 heterocycles. The summed E-state index contributed by atoms with van der Waals surface area (Å²) in [5, 5.41) is 12.6. The van der Waals surface area contributed by atoms with Crippen LogP contribution in [0.4, 0.5) is 30.6 Å². The molecular weight excluding hydrogens is 387 g/mol. The molecule has 2 rings (SSSR count). The van der Waals surface area contributed by atoms with Gasteiger partial charge in [-0.2, -0.15) is 23.3 Å². The van der Waals surface area contributed by atoms with Gasteiger partial charge in [0.2, 0.25) is 11.9 Å². The van der Waals surface area contributed by atoms with E-state index in [1.54, 1.807) is 27.0 Å². The lowest BCUT2D eigenvalue weighted by atomic mass is 10.0. The predicted molar refractivity (Wildman–Crippen MR) is 104 cm³/mol. The van der Waals surface area contributed by atoms with Crippen LogP contribution in [0.15, 0.2) is 12.4 Å². The number of halogens is 3. The van der Waals surface area contributed by atoms with Gasteiger partial charge in [0.25, 0.3) is 0 Å². The van der Waals surface area contributed by atoms with Crippen LogP contribution in [0, 0.1) is 6.92 Å². The molecule has 0 aromatic carbocycles. The fraction of sp³-hybridized carbons (Fsp3) is 0.556. The molecular formula is C18H26F3N7O. The lowest BCUT2D eigenvalue weighted by Crippen LogP contribution is -2.51. The second kappa shape index (κ2) is 7.53. The minimum absolute atomic E-state index is 0.0260. The highest BCUT2D eigenvalue weighted by atomic mass is 19.4. The molecule has 0 aliphatic carbocycles. The molecule has 0 saturated carbocycles. The van der Waals surface area contributed by atoms with E-state index in [4.69, 9.17) is 0 Å². The van der Waals surface area contributed by atoms with Crippen molar-refractivity contribution in [2.24, 2.45) is 0 Å². The van der Waals surface area contributed by atoms with Crippen LogP contribution in [0.3, 0.4) is 0 Å². The predicted octanol–water partition coefficient (Wildman–Crippen LogP) is 3.44. The van der Waals surface area contributed by atoms with Crippen LogP contribution in [0.2, 0.25) is 0 Å². The molecule has 160 valence electrons. The van der Waals surface area contributed by atoms with E-state index >= 15 is 0 Å². The summed E-state index contributed by atoms with van der Waals surface area (Å²) in [4.78, 5) is 20.3. The third-order valence-electron chi connectivity index (χ3n) is 4.09. The van der Waals surface area contributed by atoms with Gasteiger partial charge in [-0.15, -0.1) is 0 Å². The second-order valence-electron chi connectivity index (χ2n) is 8.16. The Balaban J connectivity index is 2.31. The van der Waals surface area contributed by atoms with E-state index in [0.29, 0.717) is 17.6 Å². The number of hydrogen-bond donors (Lipinski definition) is 3.